The lowest BCUT2D eigenvalue weighted by Crippen LogP contribution is -2.29. The maximum atomic E-state index is 12.5. The summed E-state index contributed by atoms with van der Waals surface area (Å²) < 4.78 is 33.1. The first-order chi connectivity index (χ1) is 10.5. The van der Waals surface area contributed by atoms with E-state index < -0.39 is 16.1 Å². The Bertz CT molecular complexity index is 830. The zero-order chi connectivity index (χ0) is 15.7. The standard InChI is InChI=1S/C16H15NO4S/c1-11(18)12-5-4-6-13(9-12)22(19,20)17-15-10-21-16-8-3-2-7-14(15)16/h2-9,15,17H,10H2,1H3. The van der Waals surface area contributed by atoms with Crippen LogP contribution in [-0.4, -0.2) is 20.8 Å². The Labute approximate surface area is 129 Å². The molecule has 5 nitrogen and oxygen atoms in total. The molecule has 0 saturated carbocycles. The molecule has 0 fully saturated rings. The third kappa shape index (κ3) is 2.75. The summed E-state index contributed by atoms with van der Waals surface area (Å²) in [6.45, 7) is 1.66. The molecule has 22 heavy (non-hydrogen) atoms. The van der Waals surface area contributed by atoms with E-state index in [1.54, 1.807) is 18.2 Å². The highest BCUT2D eigenvalue weighted by atomic mass is 32.2. The molecule has 0 amide bonds. The van der Waals surface area contributed by atoms with Gasteiger partial charge < -0.3 is 4.74 Å². The van der Waals surface area contributed by atoms with Gasteiger partial charge in [-0.15, -0.1) is 0 Å². The van der Waals surface area contributed by atoms with Crippen molar-refractivity contribution >= 4 is 15.8 Å². The molecule has 0 spiro atoms. The molecule has 114 valence electrons. The van der Waals surface area contributed by atoms with Crippen LogP contribution in [0.15, 0.2) is 53.4 Å². The molecular weight excluding hydrogens is 302 g/mol. The second-order valence-electron chi connectivity index (χ2n) is 5.11. The van der Waals surface area contributed by atoms with Gasteiger partial charge in [-0.05, 0) is 25.1 Å². The number of ketones is 1. The van der Waals surface area contributed by atoms with Gasteiger partial charge in [-0.3, -0.25) is 4.79 Å². The van der Waals surface area contributed by atoms with Crippen molar-refractivity contribution in [1.29, 1.82) is 0 Å². The fourth-order valence-corrected chi connectivity index (χ4v) is 3.64. The first-order valence-corrected chi connectivity index (χ1v) is 8.31. The molecule has 0 saturated heterocycles. The van der Waals surface area contributed by atoms with Gasteiger partial charge in [-0.1, -0.05) is 30.3 Å². The van der Waals surface area contributed by atoms with Gasteiger partial charge in [0.2, 0.25) is 10.0 Å². The largest absolute Gasteiger partial charge is 0.491 e. The predicted octanol–water partition coefficient (Wildman–Crippen LogP) is 2.30. The third-order valence-corrected chi connectivity index (χ3v) is 5.02. The van der Waals surface area contributed by atoms with E-state index >= 15 is 0 Å². The van der Waals surface area contributed by atoms with E-state index in [9.17, 15) is 13.2 Å². The van der Waals surface area contributed by atoms with E-state index in [-0.39, 0.29) is 17.3 Å². The highest BCUT2D eigenvalue weighted by Gasteiger charge is 2.28. The van der Waals surface area contributed by atoms with Crippen LogP contribution in [-0.2, 0) is 10.0 Å². The quantitative estimate of drug-likeness (QED) is 0.878. The first-order valence-electron chi connectivity index (χ1n) is 6.82. The molecule has 1 unspecified atom stereocenters. The minimum atomic E-state index is -3.72. The molecule has 1 heterocycles. The molecule has 0 aliphatic carbocycles. The molecular formula is C16H15NO4S. The molecule has 0 radical (unpaired) electrons. The minimum absolute atomic E-state index is 0.0737. The summed E-state index contributed by atoms with van der Waals surface area (Å²) in [6, 6.07) is 12.9. The highest BCUT2D eigenvalue weighted by molar-refractivity contribution is 7.89. The monoisotopic (exact) mass is 317 g/mol. The number of fused-ring (bicyclic) bond motifs is 1. The summed E-state index contributed by atoms with van der Waals surface area (Å²) in [4.78, 5) is 11.5. The number of hydrogen-bond donors (Lipinski definition) is 1. The summed E-state index contributed by atoms with van der Waals surface area (Å²) in [7, 11) is -3.72. The van der Waals surface area contributed by atoms with Crippen molar-refractivity contribution in [2.45, 2.75) is 17.9 Å². The van der Waals surface area contributed by atoms with Gasteiger partial charge in [0.25, 0.3) is 0 Å². The highest BCUT2D eigenvalue weighted by Crippen LogP contribution is 2.32. The van der Waals surface area contributed by atoms with Crippen LogP contribution in [0.1, 0.15) is 28.9 Å². The lowest BCUT2D eigenvalue weighted by molar-refractivity contribution is 0.101. The number of ether oxygens (including phenoxy) is 1. The molecule has 1 aliphatic rings. The Kier molecular flexibility index (Phi) is 3.72. The second-order valence-corrected chi connectivity index (χ2v) is 6.82. The van der Waals surface area contributed by atoms with Crippen LogP contribution < -0.4 is 9.46 Å². The van der Waals surface area contributed by atoms with E-state index in [2.05, 4.69) is 4.72 Å². The Morgan fingerprint density at radius 2 is 1.95 bits per heavy atom. The van der Waals surface area contributed by atoms with Crippen LogP contribution >= 0.6 is 0 Å². The van der Waals surface area contributed by atoms with Gasteiger partial charge in [-0.25, -0.2) is 13.1 Å². The molecule has 0 bridgehead atoms. The van der Waals surface area contributed by atoms with E-state index in [1.807, 2.05) is 18.2 Å². The van der Waals surface area contributed by atoms with Gasteiger partial charge in [0, 0.05) is 11.1 Å². The third-order valence-electron chi connectivity index (χ3n) is 3.55. The van der Waals surface area contributed by atoms with E-state index in [1.165, 1.54) is 19.1 Å². The van der Waals surface area contributed by atoms with Crippen molar-refractivity contribution in [2.75, 3.05) is 6.61 Å². The number of carbonyl (C=O) groups excluding carboxylic acids is 1. The first kappa shape index (κ1) is 14.7. The van der Waals surface area contributed by atoms with Crippen LogP contribution in [0, 0.1) is 0 Å². The van der Waals surface area contributed by atoms with Crippen LogP contribution in [0.3, 0.4) is 0 Å². The average molecular weight is 317 g/mol. The Balaban J connectivity index is 1.89. The second kappa shape index (κ2) is 5.55. The number of sulfonamides is 1. The summed E-state index contributed by atoms with van der Waals surface area (Å²) in [5.41, 5.74) is 1.18. The van der Waals surface area contributed by atoms with Crippen molar-refractivity contribution in [1.82, 2.24) is 4.72 Å². The molecule has 2 aromatic rings. The SMILES string of the molecule is CC(=O)c1cccc(S(=O)(=O)NC2COc3ccccc32)c1. The van der Waals surface area contributed by atoms with Crippen LogP contribution in [0.2, 0.25) is 0 Å². The summed E-state index contributed by atoms with van der Waals surface area (Å²) >= 11 is 0. The maximum Gasteiger partial charge on any atom is 0.241 e. The van der Waals surface area contributed by atoms with Crippen LogP contribution in [0.5, 0.6) is 5.75 Å². The summed E-state index contributed by atoms with van der Waals surface area (Å²) in [5, 5.41) is 0. The number of carbonyl (C=O) groups is 1. The van der Waals surface area contributed by atoms with Crippen molar-refractivity contribution in [2.24, 2.45) is 0 Å². The van der Waals surface area contributed by atoms with E-state index in [0.717, 1.165) is 5.56 Å². The molecule has 1 aliphatic heterocycles. The predicted molar refractivity (Wildman–Crippen MR) is 81.4 cm³/mol. The number of Topliss-reactive ketones (excluding diaryl/α,β-unsaturated/α-hetero) is 1. The number of hydrogen-bond acceptors (Lipinski definition) is 4. The molecule has 1 atom stereocenters. The minimum Gasteiger partial charge on any atom is -0.491 e. The van der Waals surface area contributed by atoms with E-state index in [0.29, 0.717) is 11.3 Å². The van der Waals surface area contributed by atoms with Gasteiger partial charge in [0.05, 0.1) is 10.9 Å². The fourth-order valence-electron chi connectivity index (χ4n) is 2.40. The lowest BCUT2D eigenvalue weighted by atomic mass is 10.1. The molecule has 6 heteroatoms. The Morgan fingerprint density at radius 3 is 2.73 bits per heavy atom. The van der Waals surface area contributed by atoms with Gasteiger partial charge in [0.1, 0.15) is 12.4 Å². The number of nitrogens with one attached hydrogen (secondary N) is 1. The van der Waals surface area contributed by atoms with Crippen molar-refractivity contribution in [3.8, 4) is 5.75 Å². The topological polar surface area (TPSA) is 72.5 Å². The van der Waals surface area contributed by atoms with E-state index in [4.69, 9.17) is 4.74 Å². The van der Waals surface area contributed by atoms with Crippen LogP contribution in [0.4, 0.5) is 0 Å². The molecule has 1 N–H and O–H groups in total. The Morgan fingerprint density at radius 1 is 1.18 bits per heavy atom. The Hall–Kier alpha value is -2.18. The molecule has 0 aromatic heterocycles. The van der Waals surface area contributed by atoms with Gasteiger partial charge in [-0.2, -0.15) is 0 Å². The summed E-state index contributed by atoms with van der Waals surface area (Å²) in [6.07, 6.45) is 0. The zero-order valence-corrected chi connectivity index (χ0v) is 12.8. The number of benzene rings is 2. The molecule has 3 rings (SSSR count). The van der Waals surface area contributed by atoms with Gasteiger partial charge in [0.15, 0.2) is 5.78 Å². The van der Waals surface area contributed by atoms with Crippen LogP contribution in [0.25, 0.3) is 0 Å². The number of rotatable bonds is 4. The number of para-hydroxylation sites is 1. The van der Waals surface area contributed by atoms with Crippen molar-refractivity contribution in [3.63, 3.8) is 0 Å². The smallest absolute Gasteiger partial charge is 0.241 e. The summed E-state index contributed by atoms with van der Waals surface area (Å²) in [5.74, 6) is 0.513. The fraction of sp³-hybridized carbons (Fsp3) is 0.188. The van der Waals surface area contributed by atoms with Crippen molar-refractivity contribution < 1.29 is 17.9 Å². The zero-order valence-electron chi connectivity index (χ0n) is 11.9. The lowest BCUT2D eigenvalue weighted by Gasteiger charge is -2.12. The van der Waals surface area contributed by atoms with Gasteiger partial charge >= 0.3 is 0 Å². The maximum absolute atomic E-state index is 12.5. The molecule has 2 aromatic carbocycles. The normalized spacial score (nSPS) is 16.9. The van der Waals surface area contributed by atoms with Crippen molar-refractivity contribution in [3.05, 3.63) is 59.7 Å². The average Bonchev–Trinajstić information content (AvgIpc) is 2.90.